The lowest BCUT2D eigenvalue weighted by atomic mass is 10.3. The molecule has 0 saturated carbocycles. The maximum atomic E-state index is 8.67. The third-order valence-corrected chi connectivity index (χ3v) is 5.51. The molecule has 16 heteroatoms. The Bertz CT molecular complexity index is 1470. The van der Waals surface area contributed by atoms with E-state index in [1.54, 1.807) is 36.7 Å². The van der Waals surface area contributed by atoms with Gasteiger partial charge in [-0.1, -0.05) is 17.7 Å². The van der Waals surface area contributed by atoms with Crippen LogP contribution >= 0.6 is 34.8 Å². The summed E-state index contributed by atoms with van der Waals surface area (Å²) in [7, 11) is 0. The molecule has 0 aromatic carbocycles. The largest absolute Gasteiger partial charge is 0.369 e. The van der Waals surface area contributed by atoms with Gasteiger partial charge >= 0.3 is 0 Å². The van der Waals surface area contributed by atoms with E-state index in [-0.39, 0.29) is 16.7 Å². The quantitative estimate of drug-likeness (QED) is 0.0807. The van der Waals surface area contributed by atoms with Crippen LogP contribution in [0.4, 0.5) is 27.8 Å². The molecule has 0 amide bonds. The lowest BCUT2D eigenvalue weighted by Crippen LogP contribution is -2.15. The normalized spacial score (nSPS) is 9.33. The fraction of sp³-hybridized carbons (Fsp3) is 0.231. The highest BCUT2D eigenvalue weighted by Gasteiger charge is 2.01. The van der Waals surface area contributed by atoms with Crippen LogP contribution in [0.2, 0.25) is 15.7 Å². The van der Waals surface area contributed by atoms with Crippen molar-refractivity contribution in [2.45, 2.75) is 13.8 Å². The highest BCUT2D eigenvalue weighted by atomic mass is 35.5. The van der Waals surface area contributed by atoms with E-state index >= 15 is 0 Å². The first-order valence-corrected chi connectivity index (χ1v) is 13.1. The Hall–Kier alpha value is -4.40. The summed E-state index contributed by atoms with van der Waals surface area (Å²) in [6.07, 6.45) is 6.32. The molecular formula is C26H30Cl3FN12. The molecular weight excluding hydrogens is 606 g/mol. The average Bonchev–Trinajstić information content (AvgIpc) is 2.99. The van der Waals surface area contributed by atoms with Crippen LogP contribution in [0.5, 0.6) is 0 Å². The summed E-state index contributed by atoms with van der Waals surface area (Å²) in [6.45, 7) is 13.0. The lowest BCUT2D eigenvalue weighted by Gasteiger charge is -2.09. The summed E-state index contributed by atoms with van der Waals surface area (Å²) < 4.78 is 0. The van der Waals surface area contributed by atoms with Gasteiger partial charge in [-0.2, -0.15) is 5.26 Å². The predicted molar refractivity (Wildman–Crippen MR) is 167 cm³/mol. The predicted octanol–water partition coefficient (Wildman–Crippen LogP) is 5.72. The van der Waals surface area contributed by atoms with Gasteiger partial charge in [0.2, 0.25) is 16.3 Å². The third-order valence-electron chi connectivity index (χ3n) is 4.77. The lowest BCUT2D eigenvalue weighted by molar-refractivity contribution is 1.01. The highest BCUT2D eigenvalue weighted by molar-refractivity contribution is 6.32. The van der Waals surface area contributed by atoms with Crippen molar-refractivity contribution in [2.75, 3.05) is 42.1 Å². The van der Waals surface area contributed by atoms with Crippen molar-refractivity contribution in [3.63, 3.8) is 0 Å². The standard InChI is InChI=1S/C13H13ClN6.C8H10N4.C5H4Cl2N2.FH.H2/c1-9-7-19-13(14)20-12(9)17-5-4-16-11-3-2-10(6-15)8-18-11;1-10-7-2-3-8(12-6-7)11-5-4-9;1-3-2-8-5(7)9-4(3)6;;/h2-3,7-8H,4-5H2,1H3,(H,16,18)(H,17,19,20);2-3,6H,4-5,9H2,(H,11,12);2H,1H3;2*1H/i;;;;1+2. The van der Waals surface area contributed by atoms with Crippen LogP contribution in [0.15, 0.2) is 49.1 Å². The van der Waals surface area contributed by atoms with Crippen LogP contribution in [-0.4, -0.2) is 56.1 Å². The van der Waals surface area contributed by atoms with E-state index in [1.165, 1.54) is 12.4 Å². The van der Waals surface area contributed by atoms with Crippen molar-refractivity contribution in [2.24, 2.45) is 5.73 Å². The number of rotatable bonds is 8. The summed E-state index contributed by atoms with van der Waals surface area (Å²) in [5.41, 5.74) is 8.15. The van der Waals surface area contributed by atoms with Gasteiger partial charge in [0.15, 0.2) is 0 Å². The summed E-state index contributed by atoms with van der Waals surface area (Å²) in [6, 6.07) is 9.00. The van der Waals surface area contributed by atoms with Gasteiger partial charge in [-0.3, -0.25) is 9.69 Å². The molecule has 0 radical (unpaired) electrons. The molecule has 4 rings (SSSR count). The third kappa shape index (κ3) is 13.3. The minimum Gasteiger partial charge on any atom is -0.369 e. The monoisotopic (exact) mass is 636 g/mol. The Morgan fingerprint density at radius 2 is 1.43 bits per heavy atom. The molecule has 222 valence electrons. The van der Waals surface area contributed by atoms with Gasteiger partial charge in [0.25, 0.3) is 0 Å². The zero-order chi connectivity index (χ0) is 30.0. The molecule has 0 aliphatic carbocycles. The van der Waals surface area contributed by atoms with Crippen LogP contribution in [0.3, 0.4) is 0 Å². The molecule has 0 saturated heterocycles. The van der Waals surface area contributed by atoms with E-state index in [0.29, 0.717) is 42.6 Å². The van der Waals surface area contributed by atoms with Crippen molar-refractivity contribution < 1.29 is 6.13 Å². The Morgan fingerprint density at radius 3 is 1.95 bits per heavy atom. The Balaban J connectivity index is 0.000000657. The van der Waals surface area contributed by atoms with Gasteiger partial charge in [-0.15, -0.1) is 0 Å². The van der Waals surface area contributed by atoms with Crippen molar-refractivity contribution in [1.29, 1.82) is 5.26 Å². The first-order chi connectivity index (χ1) is 19.7. The molecule has 0 spiro atoms. The van der Waals surface area contributed by atoms with Gasteiger partial charge in [0.05, 0.1) is 12.1 Å². The van der Waals surface area contributed by atoms with E-state index in [0.717, 1.165) is 28.6 Å². The Morgan fingerprint density at radius 1 is 0.833 bits per heavy atom. The fourth-order valence-electron chi connectivity index (χ4n) is 2.69. The van der Waals surface area contributed by atoms with Crippen LogP contribution < -0.4 is 21.7 Å². The zero-order valence-electron chi connectivity index (χ0n) is 22.6. The first-order valence-electron chi connectivity index (χ1n) is 12.0. The van der Waals surface area contributed by atoms with Gasteiger partial charge in [-0.25, -0.2) is 29.8 Å². The van der Waals surface area contributed by atoms with Crippen molar-refractivity contribution in [3.8, 4) is 6.07 Å². The van der Waals surface area contributed by atoms with E-state index in [2.05, 4.69) is 50.7 Å². The van der Waals surface area contributed by atoms with Crippen molar-refractivity contribution in [1.82, 2.24) is 29.9 Å². The van der Waals surface area contributed by atoms with Crippen LogP contribution in [0.1, 0.15) is 18.1 Å². The molecule has 0 fully saturated rings. The Kier molecular flexibility index (Phi) is 16.7. The average molecular weight is 638 g/mol. The second-order valence-corrected chi connectivity index (χ2v) is 8.94. The molecule has 4 aromatic rings. The molecule has 42 heavy (non-hydrogen) atoms. The van der Waals surface area contributed by atoms with Crippen LogP contribution in [0, 0.1) is 31.8 Å². The van der Waals surface area contributed by atoms with Crippen LogP contribution in [0.25, 0.3) is 4.85 Å². The fourth-order valence-corrected chi connectivity index (χ4v) is 3.13. The van der Waals surface area contributed by atoms with E-state index in [9.17, 15) is 0 Å². The van der Waals surface area contributed by atoms with Gasteiger partial charge in [0.1, 0.15) is 28.7 Å². The summed E-state index contributed by atoms with van der Waals surface area (Å²) in [5.74, 6) is 2.20. The number of nitriles is 1. The SMILES string of the molecule is Cc1cnc(Cl)nc1Cl.Cc1cnc(Cl)nc1NCCNc1ccc(C#N)cn1.F.[3HH].[C-]#[N+]c1ccc(NCCN)nc1. The highest BCUT2D eigenvalue weighted by Crippen LogP contribution is 2.13. The number of hydrogen-bond donors (Lipinski definition) is 4. The number of hydrogen-bond acceptors (Lipinski definition) is 11. The van der Waals surface area contributed by atoms with Gasteiger partial charge in [-0.05, 0) is 55.2 Å². The van der Waals surface area contributed by atoms with Crippen molar-refractivity contribution in [3.05, 3.63) is 92.9 Å². The smallest absolute Gasteiger partial charge is 0.224 e. The van der Waals surface area contributed by atoms with E-state index in [4.69, 9.17) is 52.4 Å². The Labute approximate surface area is 259 Å². The topological polar surface area (TPSA) is 168 Å². The number of aromatic nitrogens is 6. The number of pyridine rings is 2. The summed E-state index contributed by atoms with van der Waals surface area (Å²) in [5, 5.41) is 18.8. The number of halogens is 4. The van der Waals surface area contributed by atoms with Gasteiger partial charge < -0.3 is 21.7 Å². The molecule has 0 aliphatic heterocycles. The van der Waals surface area contributed by atoms with E-state index < -0.39 is 0 Å². The summed E-state index contributed by atoms with van der Waals surface area (Å²) >= 11 is 16.7. The number of nitrogens with two attached hydrogens (primary N) is 1. The maximum Gasteiger partial charge on any atom is 0.224 e. The number of nitrogens with one attached hydrogen (secondary N) is 3. The number of nitrogens with zero attached hydrogens (tertiary/aromatic N) is 8. The maximum absolute atomic E-state index is 8.67. The summed E-state index contributed by atoms with van der Waals surface area (Å²) in [4.78, 5) is 26.8. The molecule has 5 N–H and O–H groups in total. The minimum atomic E-state index is 0. The number of aryl methyl sites for hydroxylation is 2. The molecule has 4 aromatic heterocycles. The molecule has 0 unspecified atom stereocenters. The molecule has 0 aliphatic rings. The van der Waals surface area contributed by atoms with E-state index in [1.807, 2.05) is 19.9 Å². The van der Waals surface area contributed by atoms with Crippen molar-refractivity contribution >= 4 is 57.9 Å². The zero-order valence-corrected chi connectivity index (χ0v) is 24.9. The number of anilines is 3. The first kappa shape index (κ1) is 35.6. The second kappa shape index (κ2) is 19.6. The minimum absolute atomic E-state index is 0. The van der Waals surface area contributed by atoms with Gasteiger partial charge in [0, 0.05) is 63.5 Å². The van der Waals surface area contributed by atoms with Crippen LogP contribution in [-0.2, 0) is 0 Å². The second-order valence-electron chi connectivity index (χ2n) is 7.91. The molecule has 0 atom stereocenters. The molecule has 12 nitrogen and oxygen atoms in total. The molecule has 0 bridgehead atoms. The molecule has 4 heterocycles.